The van der Waals surface area contributed by atoms with Gasteiger partial charge in [0.2, 0.25) is 0 Å². The summed E-state index contributed by atoms with van der Waals surface area (Å²) in [6.45, 7) is 1.90. The minimum Gasteiger partial charge on any atom is -0.293 e. The fraction of sp³-hybridized carbons (Fsp3) is 0.300. The van der Waals surface area contributed by atoms with Gasteiger partial charge in [0.25, 0.3) is 0 Å². The van der Waals surface area contributed by atoms with Crippen molar-refractivity contribution < 1.29 is 13.6 Å². The second-order valence-electron chi connectivity index (χ2n) is 2.68. The van der Waals surface area contributed by atoms with Crippen LogP contribution in [0.3, 0.4) is 0 Å². The number of hydrogen-bond donors (Lipinski definition) is 0. The van der Waals surface area contributed by atoms with Gasteiger partial charge in [0, 0.05) is 0 Å². The average molecular weight is 216 g/mol. The first kappa shape index (κ1) is 11.2. The van der Waals surface area contributed by atoms with Crippen LogP contribution in [-0.4, -0.2) is 17.3 Å². The summed E-state index contributed by atoms with van der Waals surface area (Å²) in [6, 6.07) is 2.91. The zero-order valence-corrected chi connectivity index (χ0v) is 8.54. The highest BCUT2D eigenvalue weighted by atomic mass is 32.2. The Hall–Kier alpha value is -0.900. The average Bonchev–Trinajstić information content (AvgIpc) is 2.18. The molecule has 0 aliphatic rings. The Kier molecular flexibility index (Phi) is 4.07. The summed E-state index contributed by atoms with van der Waals surface area (Å²) >= 11 is 1.39. The molecule has 0 aromatic heterocycles. The van der Waals surface area contributed by atoms with E-state index < -0.39 is 11.6 Å². The standard InChI is InChI=1S/C10H10F2OS/c1-2-14-6-10(13)8-5-7(11)3-4-9(8)12/h3-5H,2,6H2,1H3. The van der Waals surface area contributed by atoms with Crippen LogP contribution in [0.4, 0.5) is 8.78 Å². The number of benzene rings is 1. The monoisotopic (exact) mass is 216 g/mol. The number of carbonyl (C=O) groups is 1. The predicted molar refractivity (Wildman–Crippen MR) is 53.7 cm³/mol. The van der Waals surface area contributed by atoms with Crippen molar-refractivity contribution in [2.45, 2.75) is 6.92 Å². The molecule has 1 aromatic carbocycles. The maximum absolute atomic E-state index is 13.1. The first-order valence-electron chi connectivity index (χ1n) is 4.21. The smallest absolute Gasteiger partial charge is 0.175 e. The molecule has 0 aliphatic carbocycles. The number of Topliss-reactive ketones (excluding diaryl/α,β-unsaturated/α-hetero) is 1. The van der Waals surface area contributed by atoms with Crippen molar-refractivity contribution in [2.24, 2.45) is 0 Å². The van der Waals surface area contributed by atoms with Gasteiger partial charge in [-0.05, 0) is 24.0 Å². The summed E-state index contributed by atoms with van der Waals surface area (Å²) in [5, 5.41) is 0. The molecule has 0 amide bonds. The summed E-state index contributed by atoms with van der Waals surface area (Å²) in [6.07, 6.45) is 0. The lowest BCUT2D eigenvalue weighted by Crippen LogP contribution is -2.06. The van der Waals surface area contributed by atoms with E-state index in [2.05, 4.69) is 0 Å². The zero-order chi connectivity index (χ0) is 10.6. The zero-order valence-electron chi connectivity index (χ0n) is 7.72. The molecular formula is C10H10F2OS. The third-order valence-electron chi connectivity index (χ3n) is 1.67. The molecule has 1 nitrogen and oxygen atoms in total. The summed E-state index contributed by atoms with van der Waals surface area (Å²) in [5.41, 5.74) is -0.161. The van der Waals surface area contributed by atoms with Gasteiger partial charge in [0.15, 0.2) is 5.78 Å². The molecule has 0 saturated carbocycles. The lowest BCUT2D eigenvalue weighted by Gasteiger charge is -2.01. The van der Waals surface area contributed by atoms with Crippen LogP contribution in [0.2, 0.25) is 0 Å². The molecule has 4 heteroatoms. The Balaban J connectivity index is 2.83. The molecule has 0 spiro atoms. The summed E-state index contributed by atoms with van der Waals surface area (Å²) in [5.74, 6) is -0.641. The van der Waals surface area contributed by atoms with E-state index in [0.29, 0.717) is 0 Å². The van der Waals surface area contributed by atoms with Crippen molar-refractivity contribution in [1.82, 2.24) is 0 Å². The molecule has 1 aromatic rings. The van der Waals surface area contributed by atoms with Gasteiger partial charge in [-0.1, -0.05) is 6.92 Å². The van der Waals surface area contributed by atoms with Gasteiger partial charge in [0.05, 0.1) is 11.3 Å². The molecule has 14 heavy (non-hydrogen) atoms. The number of thioether (sulfide) groups is 1. The topological polar surface area (TPSA) is 17.1 Å². The van der Waals surface area contributed by atoms with Crippen LogP contribution < -0.4 is 0 Å². The minimum atomic E-state index is -0.659. The molecule has 0 aliphatic heterocycles. The molecular weight excluding hydrogens is 206 g/mol. The number of halogens is 2. The molecule has 0 fully saturated rings. The first-order chi connectivity index (χ1) is 6.65. The second-order valence-corrected chi connectivity index (χ2v) is 3.96. The van der Waals surface area contributed by atoms with Gasteiger partial charge in [-0.15, -0.1) is 0 Å². The minimum absolute atomic E-state index is 0.161. The lowest BCUT2D eigenvalue weighted by molar-refractivity contribution is 0.101. The maximum atomic E-state index is 13.1. The molecule has 0 radical (unpaired) electrons. The van der Waals surface area contributed by atoms with E-state index in [0.717, 1.165) is 24.0 Å². The van der Waals surface area contributed by atoms with Crippen molar-refractivity contribution in [2.75, 3.05) is 11.5 Å². The third-order valence-corrected chi connectivity index (χ3v) is 2.54. The predicted octanol–water partition coefficient (Wildman–Crippen LogP) is 2.90. The van der Waals surface area contributed by atoms with Crippen molar-refractivity contribution in [3.63, 3.8) is 0 Å². The van der Waals surface area contributed by atoms with Gasteiger partial charge < -0.3 is 0 Å². The number of ketones is 1. The molecule has 0 atom stereocenters. The van der Waals surface area contributed by atoms with Crippen LogP contribution in [0.15, 0.2) is 18.2 Å². The van der Waals surface area contributed by atoms with Crippen LogP contribution in [-0.2, 0) is 0 Å². The number of carbonyl (C=O) groups excluding carboxylic acids is 1. The normalized spacial score (nSPS) is 10.2. The molecule has 0 bridgehead atoms. The van der Waals surface area contributed by atoms with Crippen LogP contribution in [0, 0.1) is 11.6 Å². The molecule has 76 valence electrons. The van der Waals surface area contributed by atoms with Gasteiger partial charge in [0.1, 0.15) is 11.6 Å². The molecule has 0 saturated heterocycles. The summed E-state index contributed by atoms with van der Waals surface area (Å²) < 4.78 is 25.8. The van der Waals surface area contributed by atoms with Gasteiger partial charge in [-0.2, -0.15) is 11.8 Å². The lowest BCUT2D eigenvalue weighted by atomic mass is 10.1. The summed E-state index contributed by atoms with van der Waals surface area (Å²) in [7, 11) is 0. The van der Waals surface area contributed by atoms with Crippen molar-refractivity contribution >= 4 is 17.5 Å². The Morgan fingerprint density at radius 2 is 2.14 bits per heavy atom. The highest BCUT2D eigenvalue weighted by Crippen LogP contribution is 2.13. The highest BCUT2D eigenvalue weighted by molar-refractivity contribution is 7.99. The quantitative estimate of drug-likeness (QED) is 0.720. The molecule has 0 heterocycles. The van der Waals surface area contributed by atoms with Crippen LogP contribution in [0.25, 0.3) is 0 Å². The largest absolute Gasteiger partial charge is 0.293 e. The van der Waals surface area contributed by atoms with Crippen molar-refractivity contribution in [1.29, 1.82) is 0 Å². The van der Waals surface area contributed by atoms with E-state index in [1.807, 2.05) is 6.92 Å². The Labute approximate surface area is 85.5 Å². The van der Waals surface area contributed by atoms with Gasteiger partial charge in [-0.3, -0.25) is 4.79 Å². The highest BCUT2D eigenvalue weighted by Gasteiger charge is 2.11. The molecule has 0 N–H and O–H groups in total. The SMILES string of the molecule is CCSCC(=O)c1cc(F)ccc1F. The second kappa shape index (κ2) is 5.10. The Bertz CT molecular complexity index is 339. The fourth-order valence-corrected chi connectivity index (χ4v) is 1.53. The maximum Gasteiger partial charge on any atom is 0.175 e. The van der Waals surface area contributed by atoms with E-state index in [1.54, 1.807) is 0 Å². The Morgan fingerprint density at radius 3 is 2.79 bits per heavy atom. The molecule has 1 rings (SSSR count). The first-order valence-corrected chi connectivity index (χ1v) is 5.36. The fourth-order valence-electron chi connectivity index (χ4n) is 0.984. The van der Waals surface area contributed by atoms with E-state index in [-0.39, 0.29) is 17.1 Å². The van der Waals surface area contributed by atoms with Crippen LogP contribution in [0.5, 0.6) is 0 Å². The van der Waals surface area contributed by atoms with Crippen LogP contribution in [0.1, 0.15) is 17.3 Å². The van der Waals surface area contributed by atoms with Crippen molar-refractivity contribution in [3.8, 4) is 0 Å². The van der Waals surface area contributed by atoms with E-state index in [4.69, 9.17) is 0 Å². The van der Waals surface area contributed by atoms with Crippen molar-refractivity contribution in [3.05, 3.63) is 35.4 Å². The molecule has 0 unspecified atom stereocenters. The van der Waals surface area contributed by atoms with E-state index >= 15 is 0 Å². The van der Waals surface area contributed by atoms with E-state index in [1.165, 1.54) is 11.8 Å². The van der Waals surface area contributed by atoms with Gasteiger partial charge >= 0.3 is 0 Å². The third kappa shape index (κ3) is 2.80. The number of rotatable bonds is 4. The van der Waals surface area contributed by atoms with Crippen LogP contribution >= 0.6 is 11.8 Å². The van der Waals surface area contributed by atoms with Gasteiger partial charge in [-0.25, -0.2) is 8.78 Å². The van der Waals surface area contributed by atoms with E-state index in [9.17, 15) is 13.6 Å². The number of hydrogen-bond acceptors (Lipinski definition) is 2. The summed E-state index contributed by atoms with van der Waals surface area (Å²) in [4.78, 5) is 11.3. The Morgan fingerprint density at radius 1 is 1.43 bits per heavy atom.